The van der Waals surface area contributed by atoms with Gasteiger partial charge in [0.2, 0.25) is 0 Å². The highest BCUT2D eigenvalue weighted by Gasteiger charge is 2.24. The van der Waals surface area contributed by atoms with Crippen molar-refractivity contribution in [3.8, 4) is 16.9 Å². The van der Waals surface area contributed by atoms with Crippen molar-refractivity contribution >= 4 is 28.9 Å². The molecule has 1 N–H and O–H groups in total. The molecule has 0 fully saturated rings. The molecule has 1 aromatic heterocycles. The number of nitro groups is 1. The van der Waals surface area contributed by atoms with E-state index < -0.39 is 10.8 Å². The van der Waals surface area contributed by atoms with Crippen LogP contribution >= 0.6 is 11.6 Å². The van der Waals surface area contributed by atoms with Crippen molar-refractivity contribution < 1.29 is 9.72 Å². The molecule has 0 radical (unpaired) electrons. The smallest absolute Gasteiger partial charge is 0.271 e. The lowest BCUT2D eigenvalue weighted by Gasteiger charge is -2.09. The number of non-ortho nitro benzene ring substituents is 1. The van der Waals surface area contributed by atoms with Crippen molar-refractivity contribution in [3.05, 3.63) is 105 Å². The Morgan fingerprint density at radius 3 is 2.32 bits per heavy atom. The zero-order valence-electron chi connectivity index (χ0n) is 16.4. The van der Waals surface area contributed by atoms with E-state index in [1.165, 1.54) is 18.2 Å². The number of amides is 1. The maximum absolute atomic E-state index is 13.3. The zero-order chi connectivity index (χ0) is 22.0. The van der Waals surface area contributed by atoms with Gasteiger partial charge in [0.1, 0.15) is 5.69 Å². The molecule has 1 amide bonds. The number of nitrogens with zero attached hydrogens (tertiary/aromatic N) is 3. The molecule has 0 aliphatic carbocycles. The molecular formula is C23H17ClN4O3. The maximum atomic E-state index is 13.3. The van der Waals surface area contributed by atoms with Crippen molar-refractivity contribution in [1.82, 2.24) is 9.78 Å². The Balaban J connectivity index is 1.82. The van der Waals surface area contributed by atoms with Gasteiger partial charge in [-0.15, -0.1) is 0 Å². The first-order valence-corrected chi connectivity index (χ1v) is 9.79. The number of hydrogen-bond acceptors (Lipinski definition) is 4. The third-order valence-electron chi connectivity index (χ3n) is 4.80. The van der Waals surface area contributed by atoms with Gasteiger partial charge in [0.25, 0.3) is 11.6 Å². The fraction of sp³-hybridized carbons (Fsp3) is 0.0435. The van der Waals surface area contributed by atoms with E-state index in [1.807, 2.05) is 60.7 Å². The Labute approximate surface area is 183 Å². The van der Waals surface area contributed by atoms with Gasteiger partial charge in [-0.2, -0.15) is 5.10 Å². The fourth-order valence-corrected chi connectivity index (χ4v) is 3.46. The van der Waals surface area contributed by atoms with Crippen LogP contribution in [0.15, 0.2) is 78.9 Å². The van der Waals surface area contributed by atoms with Crippen molar-refractivity contribution in [2.24, 2.45) is 0 Å². The van der Waals surface area contributed by atoms with Crippen molar-refractivity contribution in [1.29, 1.82) is 0 Å². The fourth-order valence-electron chi connectivity index (χ4n) is 3.30. The Morgan fingerprint density at radius 2 is 1.68 bits per heavy atom. The number of anilines is 1. The van der Waals surface area contributed by atoms with E-state index in [9.17, 15) is 14.9 Å². The van der Waals surface area contributed by atoms with Gasteiger partial charge in [0, 0.05) is 17.7 Å². The Morgan fingerprint density at radius 1 is 1.03 bits per heavy atom. The first-order chi connectivity index (χ1) is 15.0. The molecule has 154 valence electrons. The third-order valence-corrected chi connectivity index (χ3v) is 5.13. The van der Waals surface area contributed by atoms with Crippen molar-refractivity contribution in [2.45, 2.75) is 6.92 Å². The van der Waals surface area contributed by atoms with Gasteiger partial charge >= 0.3 is 0 Å². The highest BCUT2D eigenvalue weighted by atomic mass is 35.5. The molecule has 0 unspecified atom stereocenters. The number of nitrogens with one attached hydrogen (secondary N) is 1. The van der Waals surface area contributed by atoms with Crippen molar-refractivity contribution in [3.63, 3.8) is 0 Å². The number of halogens is 1. The Kier molecular flexibility index (Phi) is 5.51. The highest BCUT2D eigenvalue weighted by Crippen LogP contribution is 2.31. The minimum Gasteiger partial charge on any atom is -0.320 e. The molecule has 8 heteroatoms. The number of carbonyl (C=O) groups excluding carboxylic acids is 1. The van der Waals surface area contributed by atoms with Crippen LogP contribution in [0.4, 0.5) is 11.4 Å². The summed E-state index contributed by atoms with van der Waals surface area (Å²) < 4.78 is 1.70. The molecule has 0 aliphatic rings. The first kappa shape index (κ1) is 20.3. The molecule has 1 heterocycles. The summed E-state index contributed by atoms with van der Waals surface area (Å²) in [6.45, 7) is 1.80. The molecule has 0 atom stereocenters. The van der Waals surface area contributed by atoms with Gasteiger partial charge in [-0.3, -0.25) is 14.9 Å². The lowest BCUT2D eigenvalue weighted by molar-refractivity contribution is -0.384. The minimum atomic E-state index is -0.542. The predicted octanol–water partition coefficient (Wildman–Crippen LogP) is 5.66. The zero-order valence-corrected chi connectivity index (χ0v) is 17.2. The quantitative estimate of drug-likeness (QED) is 0.325. The van der Waals surface area contributed by atoms with E-state index in [0.717, 1.165) is 11.3 Å². The van der Waals surface area contributed by atoms with E-state index >= 15 is 0 Å². The number of nitro benzene ring substituents is 1. The van der Waals surface area contributed by atoms with Gasteiger partial charge in [0.05, 0.1) is 32.6 Å². The van der Waals surface area contributed by atoms with Crippen LogP contribution in [0.1, 0.15) is 16.1 Å². The molecule has 3 aromatic carbocycles. The molecule has 0 saturated carbocycles. The molecule has 4 rings (SSSR count). The molecule has 0 saturated heterocycles. The van der Waals surface area contributed by atoms with Crippen LogP contribution in [0.25, 0.3) is 16.9 Å². The second-order valence-corrected chi connectivity index (χ2v) is 7.20. The monoisotopic (exact) mass is 432 g/mol. The van der Waals surface area contributed by atoms with Gasteiger partial charge in [0.15, 0.2) is 0 Å². The number of hydrogen-bond donors (Lipinski definition) is 1. The summed E-state index contributed by atoms with van der Waals surface area (Å²) in [7, 11) is 0. The molecular weight excluding hydrogens is 416 g/mol. The van der Waals surface area contributed by atoms with Gasteiger partial charge in [-0.1, -0.05) is 60.1 Å². The van der Waals surface area contributed by atoms with Gasteiger partial charge < -0.3 is 5.32 Å². The minimum absolute atomic E-state index is 0.159. The van der Waals surface area contributed by atoms with E-state index in [4.69, 9.17) is 16.7 Å². The van der Waals surface area contributed by atoms with Crippen LogP contribution in [0.3, 0.4) is 0 Å². The van der Waals surface area contributed by atoms with Gasteiger partial charge in [-0.25, -0.2) is 4.68 Å². The van der Waals surface area contributed by atoms with Crippen LogP contribution in [0, 0.1) is 17.0 Å². The van der Waals surface area contributed by atoms with Gasteiger partial charge in [-0.05, 0) is 25.1 Å². The topological polar surface area (TPSA) is 90.1 Å². The van der Waals surface area contributed by atoms with Crippen LogP contribution in [-0.4, -0.2) is 20.6 Å². The molecule has 31 heavy (non-hydrogen) atoms. The predicted molar refractivity (Wildman–Crippen MR) is 120 cm³/mol. The SMILES string of the molecule is Cc1c(C(=O)Nc2cc([N+](=O)[O-])ccc2Cl)c(-c2ccccc2)nn1-c1ccccc1. The summed E-state index contributed by atoms with van der Waals surface area (Å²) in [5.41, 5.74) is 3.06. The van der Waals surface area contributed by atoms with E-state index in [2.05, 4.69) is 5.32 Å². The Hall–Kier alpha value is -3.97. The summed E-state index contributed by atoms with van der Waals surface area (Å²) in [6.07, 6.45) is 0. The molecule has 0 bridgehead atoms. The summed E-state index contributed by atoms with van der Waals surface area (Å²) in [4.78, 5) is 23.9. The lowest BCUT2D eigenvalue weighted by Crippen LogP contribution is -2.14. The number of rotatable bonds is 5. The van der Waals surface area contributed by atoms with E-state index in [0.29, 0.717) is 17.0 Å². The summed E-state index contributed by atoms with van der Waals surface area (Å²) >= 11 is 6.17. The van der Waals surface area contributed by atoms with E-state index in [1.54, 1.807) is 11.6 Å². The molecule has 7 nitrogen and oxygen atoms in total. The average Bonchev–Trinajstić information content (AvgIpc) is 3.13. The second-order valence-electron chi connectivity index (χ2n) is 6.80. The lowest BCUT2D eigenvalue weighted by atomic mass is 10.1. The largest absolute Gasteiger partial charge is 0.320 e. The first-order valence-electron chi connectivity index (χ1n) is 9.41. The normalized spacial score (nSPS) is 10.6. The molecule has 4 aromatic rings. The molecule has 0 spiro atoms. The van der Waals surface area contributed by atoms with Crippen LogP contribution in [0.5, 0.6) is 0 Å². The number of carbonyl (C=O) groups is 1. The van der Waals surface area contributed by atoms with Crippen LogP contribution in [0.2, 0.25) is 5.02 Å². The number of aromatic nitrogens is 2. The average molecular weight is 433 g/mol. The summed E-state index contributed by atoms with van der Waals surface area (Å²) in [6, 6.07) is 22.7. The van der Waals surface area contributed by atoms with Crippen LogP contribution < -0.4 is 5.32 Å². The number of benzene rings is 3. The third kappa shape index (κ3) is 4.04. The van der Waals surface area contributed by atoms with Crippen molar-refractivity contribution in [2.75, 3.05) is 5.32 Å². The Bertz CT molecular complexity index is 1270. The second kappa shape index (κ2) is 8.41. The summed E-state index contributed by atoms with van der Waals surface area (Å²) in [5.74, 6) is -0.457. The highest BCUT2D eigenvalue weighted by molar-refractivity contribution is 6.34. The van der Waals surface area contributed by atoms with E-state index in [-0.39, 0.29) is 16.4 Å². The molecule has 0 aliphatic heterocycles. The number of para-hydroxylation sites is 1. The van der Waals surface area contributed by atoms with Crippen LogP contribution in [-0.2, 0) is 0 Å². The standard InChI is InChI=1S/C23H17ClN4O3/c1-15-21(23(29)25-20-14-18(28(30)31)12-13-19(20)24)22(16-8-4-2-5-9-16)26-27(15)17-10-6-3-7-11-17/h2-14H,1H3,(H,25,29). The maximum Gasteiger partial charge on any atom is 0.271 e. The summed E-state index contributed by atoms with van der Waals surface area (Å²) in [5, 5.41) is 18.7.